The summed E-state index contributed by atoms with van der Waals surface area (Å²) >= 11 is 0. The van der Waals surface area contributed by atoms with Gasteiger partial charge in [-0.25, -0.2) is 5.43 Å². The number of rotatable bonds is 11. The number of carbonyl (C=O) groups is 2. The molecule has 0 fully saturated rings. The highest BCUT2D eigenvalue weighted by molar-refractivity contribution is 5.97. The number of nitrogens with zero attached hydrogens (tertiary/aromatic N) is 1. The number of benzene rings is 1. The van der Waals surface area contributed by atoms with Gasteiger partial charge in [0.05, 0.1) is 19.4 Å². The second kappa shape index (κ2) is 11.7. The van der Waals surface area contributed by atoms with E-state index in [0.717, 1.165) is 12.0 Å². The molecule has 0 aliphatic heterocycles. The van der Waals surface area contributed by atoms with E-state index in [1.165, 1.54) is 12.3 Å². The molecule has 0 radical (unpaired) electrons. The Labute approximate surface area is 148 Å². The third kappa shape index (κ3) is 8.01. The van der Waals surface area contributed by atoms with Crippen molar-refractivity contribution in [3.63, 3.8) is 0 Å². The summed E-state index contributed by atoms with van der Waals surface area (Å²) < 4.78 is 11.2. The van der Waals surface area contributed by atoms with Gasteiger partial charge in [0.25, 0.3) is 0 Å². The monoisotopic (exact) mass is 347 g/mol. The first-order valence-electron chi connectivity index (χ1n) is 8.19. The van der Waals surface area contributed by atoms with Crippen LogP contribution in [-0.4, -0.2) is 37.8 Å². The van der Waals surface area contributed by atoms with Gasteiger partial charge in [0.1, 0.15) is 6.42 Å². The molecule has 0 unspecified atom stereocenters. The number of hydrogen-bond donors (Lipinski definition) is 2. The van der Waals surface area contributed by atoms with Crippen molar-refractivity contribution < 1.29 is 19.1 Å². The van der Waals surface area contributed by atoms with Crippen LogP contribution < -0.4 is 20.2 Å². The molecule has 0 bridgehead atoms. The fourth-order valence-corrected chi connectivity index (χ4v) is 1.82. The summed E-state index contributed by atoms with van der Waals surface area (Å²) in [6, 6.07) is 5.38. The number of hydrazone groups is 1. The fourth-order valence-electron chi connectivity index (χ4n) is 1.82. The first kappa shape index (κ1) is 20.2. The number of hydrogen-bond acceptors (Lipinski definition) is 5. The average Bonchev–Trinajstić information content (AvgIpc) is 2.59. The largest absolute Gasteiger partial charge is 0.490 e. The zero-order valence-corrected chi connectivity index (χ0v) is 14.7. The van der Waals surface area contributed by atoms with E-state index in [0.29, 0.717) is 31.3 Å². The second-order valence-electron chi connectivity index (χ2n) is 5.05. The van der Waals surface area contributed by atoms with E-state index >= 15 is 0 Å². The van der Waals surface area contributed by atoms with Crippen LogP contribution in [0.15, 0.2) is 36.0 Å². The molecule has 0 spiro atoms. The van der Waals surface area contributed by atoms with Gasteiger partial charge in [0, 0.05) is 6.54 Å². The van der Waals surface area contributed by atoms with Crippen LogP contribution in [0.3, 0.4) is 0 Å². The second-order valence-corrected chi connectivity index (χ2v) is 5.05. The van der Waals surface area contributed by atoms with Crippen LogP contribution in [0.5, 0.6) is 11.5 Å². The smallest absolute Gasteiger partial charge is 0.249 e. The number of carbonyl (C=O) groups excluding carboxylic acids is 2. The van der Waals surface area contributed by atoms with Gasteiger partial charge in [-0.05, 0) is 37.1 Å². The Morgan fingerprint density at radius 3 is 2.68 bits per heavy atom. The molecule has 1 rings (SSSR count). The van der Waals surface area contributed by atoms with Gasteiger partial charge in [-0.3, -0.25) is 9.59 Å². The quantitative estimate of drug-likeness (QED) is 0.277. The normalized spacial score (nSPS) is 10.3. The predicted octanol–water partition coefficient (Wildman–Crippen LogP) is 2.02. The summed E-state index contributed by atoms with van der Waals surface area (Å²) in [5, 5.41) is 6.36. The van der Waals surface area contributed by atoms with Crippen molar-refractivity contribution in [1.29, 1.82) is 0 Å². The lowest BCUT2D eigenvalue weighted by atomic mass is 10.2. The van der Waals surface area contributed by atoms with E-state index in [1.807, 2.05) is 13.8 Å². The van der Waals surface area contributed by atoms with Gasteiger partial charge in [-0.2, -0.15) is 5.10 Å². The minimum Gasteiger partial charge on any atom is -0.490 e. The molecule has 0 heterocycles. The summed E-state index contributed by atoms with van der Waals surface area (Å²) in [5.74, 6) is 0.410. The van der Waals surface area contributed by atoms with Crippen LogP contribution in [0.2, 0.25) is 0 Å². The molecule has 0 aliphatic rings. The lowest BCUT2D eigenvalue weighted by molar-refractivity contribution is -0.129. The van der Waals surface area contributed by atoms with Gasteiger partial charge in [-0.1, -0.05) is 13.0 Å². The van der Waals surface area contributed by atoms with Crippen molar-refractivity contribution in [3.05, 3.63) is 36.4 Å². The van der Waals surface area contributed by atoms with Crippen LogP contribution in [0.1, 0.15) is 32.3 Å². The van der Waals surface area contributed by atoms with Crippen LogP contribution >= 0.6 is 0 Å². The predicted molar refractivity (Wildman–Crippen MR) is 97.0 cm³/mol. The number of ether oxygens (including phenoxy) is 2. The Morgan fingerprint density at radius 2 is 2.00 bits per heavy atom. The Bertz CT molecular complexity index is 614. The summed E-state index contributed by atoms with van der Waals surface area (Å²) in [4.78, 5) is 23.0. The van der Waals surface area contributed by atoms with Gasteiger partial charge >= 0.3 is 0 Å². The SMILES string of the molecule is C=CCNC(=O)CC(=O)N/N=C\c1ccc(OCCC)c(OCC)c1. The Hall–Kier alpha value is -2.83. The zero-order chi connectivity index (χ0) is 18.5. The third-order valence-corrected chi connectivity index (χ3v) is 2.90. The molecule has 7 heteroatoms. The number of amides is 2. The number of nitrogens with one attached hydrogen (secondary N) is 2. The average molecular weight is 347 g/mol. The topological polar surface area (TPSA) is 89.0 Å². The lowest BCUT2D eigenvalue weighted by Crippen LogP contribution is -2.29. The van der Waals surface area contributed by atoms with Crippen LogP contribution in [-0.2, 0) is 9.59 Å². The first-order chi connectivity index (χ1) is 12.1. The summed E-state index contributed by atoms with van der Waals surface area (Å²) in [5.41, 5.74) is 3.05. The molecule has 136 valence electrons. The molecule has 1 aromatic carbocycles. The fraction of sp³-hybridized carbons (Fsp3) is 0.389. The van der Waals surface area contributed by atoms with Crippen molar-refractivity contribution in [2.24, 2.45) is 5.10 Å². The molecule has 0 aliphatic carbocycles. The summed E-state index contributed by atoms with van der Waals surface area (Å²) in [6.07, 6.45) is 3.63. The Balaban J connectivity index is 2.61. The summed E-state index contributed by atoms with van der Waals surface area (Å²) in [7, 11) is 0. The standard InChI is InChI=1S/C18H25N3O4/c1-4-9-19-17(22)12-18(23)21-20-13-14-7-8-15(25-10-5-2)16(11-14)24-6-3/h4,7-8,11,13H,1,5-6,9-10,12H2,2-3H3,(H,19,22)(H,21,23)/b20-13-. The van der Waals surface area contributed by atoms with Crippen LogP contribution in [0.25, 0.3) is 0 Å². The highest BCUT2D eigenvalue weighted by Crippen LogP contribution is 2.28. The van der Waals surface area contributed by atoms with E-state index in [9.17, 15) is 9.59 Å². The molecule has 0 saturated heterocycles. The van der Waals surface area contributed by atoms with Gasteiger partial charge in [0.2, 0.25) is 11.8 Å². The molecule has 25 heavy (non-hydrogen) atoms. The highest BCUT2D eigenvalue weighted by atomic mass is 16.5. The van der Waals surface area contributed by atoms with E-state index in [1.54, 1.807) is 18.2 Å². The van der Waals surface area contributed by atoms with E-state index in [4.69, 9.17) is 9.47 Å². The van der Waals surface area contributed by atoms with Gasteiger partial charge in [0.15, 0.2) is 11.5 Å². The van der Waals surface area contributed by atoms with E-state index in [-0.39, 0.29) is 12.3 Å². The van der Waals surface area contributed by atoms with E-state index in [2.05, 4.69) is 22.4 Å². The maximum absolute atomic E-state index is 11.6. The van der Waals surface area contributed by atoms with Crippen LogP contribution in [0, 0.1) is 0 Å². The van der Waals surface area contributed by atoms with Crippen molar-refractivity contribution in [2.75, 3.05) is 19.8 Å². The molecule has 0 aromatic heterocycles. The van der Waals surface area contributed by atoms with E-state index < -0.39 is 5.91 Å². The first-order valence-corrected chi connectivity index (χ1v) is 8.19. The van der Waals surface area contributed by atoms with Crippen molar-refractivity contribution in [2.45, 2.75) is 26.7 Å². The van der Waals surface area contributed by atoms with Crippen molar-refractivity contribution >= 4 is 18.0 Å². The molecule has 7 nitrogen and oxygen atoms in total. The third-order valence-electron chi connectivity index (χ3n) is 2.90. The minimum absolute atomic E-state index is 0.292. The molecule has 2 amide bonds. The molecular weight excluding hydrogens is 322 g/mol. The summed E-state index contributed by atoms with van der Waals surface area (Å²) in [6.45, 7) is 8.84. The highest BCUT2D eigenvalue weighted by Gasteiger charge is 2.08. The van der Waals surface area contributed by atoms with Gasteiger partial charge in [-0.15, -0.1) is 6.58 Å². The van der Waals surface area contributed by atoms with Gasteiger partial charge < -0.3 is 14.8 Å². The Morgan fingerprint density at radius 1 is 1.20 bits per heavy atom. The molecule has 1 aromatic rings. The molecule has 2 N–H and O–H groups in total. The maximum Gasteiger partial charge on any atom is 0.249 e. The van der Waals surface area contributed by atoms with Crippen molar-refractivity contribution in [1.82, 2.24) is 10.7 Å². The molecular formula is C18H25N3O4. The molecule has 0 saturated carbocycles. The minimum atomic E-state index is -0.495. The lowest BCUT2D eigenvalue weighted by Gasteiger charge is -2.11. The van der Waals surface area contributed by atoms with Crippen molar-refractivity contribution in [3.8, 4) is 11.5 Å². The van der Waals surface area contributed by atoms with Crippen LogP contribution in [0.4, 0.5) is 0 Å². The molecule has 0 atom stereocenters. The zero-order valence-electron chi connectivity index (χ0n) is 14.7. The maximum atomic E-state index is 11.6. The Kier molecular flexibility index (Phi) is 9.43.